The molecule has 0 atom stereocenters. The topological polar surface area (TPSA) is 69.5 Å². The summed E-state index contributed by atoms with van der Waals surface area (Å²) >= 11 is 0. The van der Waals surface area contributed by atoms with Gasteiger partial charge in [0, 0.05) is 20.2 Å². The van der Waals surface area contributed by atoms with Gasteiger partial charge in [0.15, 0.2) is 0 Å². The average Bonchev–Trinajstić information content (AvgIpc) is 2.82. The summed E-state index contributed by atoms with van der Waals surface area (Å²) in [7, 11) is 2.97. The Balaban J connectivity index is 2.48. The Kier molecular flexibility index (Phi) is 2.78. The molecule has 2 aromatic rings. The molecule has 0 bridgehead atoms. The van der Waals surface area contributed by atoms with Crippen LogP contribution in [0.15, 0.2) is 43.5 Å². The van der Waals surface area contributed by atoms with E-state index in [0.717, 1.165) is 4.57 Å². The Morgan fingerprint density at radius 3 is 2.71 bits per heavy atom. The summed E-state index contributed by atoms with van der Waals surface area (Å²) in [6.07, 6.45) is 2.97. The summed E-state index contributed by atoms with van der Waals surface area (Å²) in [5, 5.41) is 0. The van der Waals surface area contributed by atoms with Crippen LogP contribution in [0.25, 0.3) is 0 Å². The second-order valence-corrected chi connectivity index (χ2v) is 3.52. The third-order valence-corrected chi connectivity index (χ3v) is 2.37. The maximum atomic E-state index is 11.6. The molecule has 2 heterocycles. The van der Waals surface area contributed by atoms with E-state index in [0.29, 0.717) is 5.76 Å². The van der Waals surface area contributed by atoms with Gasteiger partial charge in [-0.05, 0) is 12.1 Å². The number of hydrogen-bond donors (Lipinski definition) is 0. The van der Waals surface area contributed by atoms with Crippen molar-refractivity contribution in [2.75, 3.05) is 0 Å². The van der Waals surface area contributed by atoms with E-state index in [2.05, 4.69) is 4.99 Å². The summed E-state index contributed by atoms with van der Waals surface area (Å²) in [6, 6.07) is 4.74. The standard InChI is InChI=1S/C11H11N3O3/c1-13-9(6-10(15)14(2)11(13)16)12-7-8-4-3-5-17-8/h3-7H,1-2H3. The van der Waals surface area contributed by atoms with Gasteiger partial charge in [-0.2, -0.15) is 0 Å². The molecular formula is C11H11N3O3. The maximum Gasteiger partial charge on any atom is 0.332 e. The van der Waals surface area contributed by atoms with E-state index in [-0.39, 0.29) is 11.4 Å². The van der Waals surface area contributed by atoms with Crippen LogP contribution in [0.5, 0.6) is 0 Å². The Bertz CT molecular complexity index is 662. The third kappa shape index (κ3) is 2.10. The molecule has 0 saturated carbocycles. The van der Waals surface area contributed by atoms with E-state index in [4.69, 9.17) is 4.42 Å². The Morgan fingerprint density at radius 1 is 1.29 bits per heavy atom. The highest BCUT2D eigenvalue weighted by molar-refractivity contribution is 5.77. The Hall–Kier alpha value is -2.37. The predicted molar refractivity (Wildman–Crippen MR) is 62.9 cm³/mol. The van der Waals surface area contributed by atoms with Gasteiger partial charge in [0.2, 0.25) is 0 Å². The van der Waals surface area contributed by atoms with E-state index in [1.54, 1.807) is 19.2 Å². The van der Waals surface area contributed by atoms with Gasteiger partial charge in [-0.25, -0.2) is 9.79 Å². The van der Waals surface area contributed by atoms with E-state index < -0.39 is 5.69 Å². The Morgan fingerprint density at radius 2 is 2.06 bits per heavy atom. The van der Waals surface area contributed by atoms with Crippen molar-refractivity contribution in [1.29, 1.82) is 0 Å². The number of furan rings is 1. The molecule has 6 nitrogen and oxygen atoms in total. The van der Waals surface area contributed by atoms with Crippen LogP contribution in [0.3, 0.4) is 0 Å². The fraction of sp³-hybridized carbons (Fsp3) is 0.182. The van der Waals surface area contributed by atoms with Crippen molar-refractivity contribution in [2.24, 2.45) is 19.1 Å². The van der Waals surface area contributed by atoms with Crippen LogP contribution in [0.4, 0.5) is 5.82 Å². The second-order valence-electron chi connectivity index (χ2n) is 3.52. The van der Waals surface area contributed by atoms with E-state index in [1.165, 1.54) is 30.2 Å². The summed E-state index contributed by atoms with van der Waals surface area (Å²) in [4.78, 5) is 27.1. The molecule has 2 rings (SSSR count). The van der Waals surface area contributed by atoms with Crippen LogP contribution in [-0.4, -0.2) is 15.3 Å². The lowest BCUT2D eigenvalue weighted by molar-refractivity contribution is 0.560. The molecule has 0 N–H and O–H groups in total. The molecule has 0 fully saturated rings. The highest BCUT2D eigenvalue weighted by atomic mass is 16.3. The van der Waals surface area contributed by atoms with Gasteiger partial charge in [-0.15, -0.1) is 0 Å². The molecule has 88 valence electrons. The van der Waals surface area contributed by atoms with Crippen molar-refractivity contribution in [3.63, 3.8) is 0 Å². The van der Waals surface area contributed by atoms with Crippen molar-refractivity contribution < 1.29 is 4.42 Å². The zero-order chi connectivity index (χ0) is 12.4. The van der Waals surface area contributed by atoms with Crippen LogP contribution < -0.4 is 11.2 Å². The number of aliphatic imine (C=N–C) groups is 1. The maximum absolute atomic E-state index is 11.6. The number of hydrogen-bond acceptors (Lipinski definition) is 4. The lowest BCUT2D eigenvalue weighted by Crippen LogP contribution is -2.35. The normalized spacial score (nSPS) is 11.2. The number of aromatic nitrogens is 2. The van der Waals surface area contributed by atoms with Gasteiger partial charge >= 0.3 is 5.69 Å². The molecule has 0 aliphatic carbocycles. The zero-order valence-corrected chi connectivity index (χ0v) is 9.45. The molecule has 0 saturated heterocycles. The number of rotatable bonds is 2. The molecule has 0 unspecified atom stereocenters. The van der Waals surface area contributed by atoms with Crippen molar-refractivity contribution in [3.8, 4) is 0 Å². The average molecular weight is 233 g/mol. The van der Waals surface area contributed by atoms with Crippen molar-refractivity contribution in [1.82, 2.24) is 9.13 Å². The molecule has 0 aliphatic rings. The van der Waals surface area contributed by atoms with Crippen LogP contribution in [-0.2, 0) is 14.1 Å². The molecule has 2 aromatic heterocycles. The van der Waals surface area contributed by atoms with Crippen molar-refractivity contribution in [3.05, 3.63) is 51.1 Å². The van der Waals surface area contributed by atoms with E-state index in [9.17, 15) is 9.59 Å². The molecule has 6 heteroatoms. The smallest absolute Gasteiger partial charge is 0.332 e. The minimum Gasteiger partial charge on any atom is -0.463 e. The van der Waals surface area contributed by atoms with Gasteiger partial charge in [-0.1, -0.05) is 0 Å². The molecule has 0 aliphatic heterocycles. The zero-order valence-electron chi connectivity index (χ0n) is 9.45. The quantitative estimate of drug-likeness (QED) is 0.706. The summed E-state index contributed by atoms with van der Waals surface area (Å²) in [6.45, 7) is 0. The first-order valence-electron chi connectivity index (χ1n) is 4.94. The summed E-state index contributed by atoms with van der Waals surface area (Å²) < 4.78 is 7.37. The lowest BCUT2D eigenvalue weighted by atomic mass is 10.5. The Labute approximate surface area is 96.5 Å². The van der Waals surface area contributed by atoms with E-state index in [1.807, 2.05) is 0 Å². The molecule has 0 radical (unpaired) electrons. The van der Waals surface area contributed by atoms with Crippen LogP contribution in [0.1, 0.15) is 5.76 Å². The second kappa shape index (κ2) is 4.25. The minimum absolute atomic E-state index is 0.287. The van der Waals surface area contributed by atoms with Crippen LogP contribution in [0.2, 0.25) is 0 Å². The van der Waals surface area contributed by atoms with Crippen LogP contribution >= 0.6 is 0 Å². The predicted octanol–water partition coefficient (Wildman–Crippen LogP) is 0.428. The van der Waals surface area contributed by atoms with Crippen molar-refractivity contribution in [2.45, 2.75) is 0 Å². The first kappa shape index (κ1) is 11.1. The minimum atomic E-state index is -0.413. The fourth-order valence-electron chi connectivity index (χ4n) is 1.34. The van der Waals surface area contributed by atoms with Crippen LogP contribution in [0, 0.1) is 0 Å². The molecule has 0 spiro atoms. The first-order valence-corrected chi connectivity index (χ1v) is 4.94. The molecule has 0 amide bonds. The fourth-order valence-corrected chi connectivity index (χ4v) is 1.34. The SMILES string of the molecule is Cn1c(N=Cc2ccco2)cc(=O)n(C)c1=O. The van der Waals surface area contributed by atoms with Gasteiger partial charge in [0.1, 0.15) is 11.6 Å². The number of nitrogens with zero attached hydrogens (tertiary/aromatic N) is 3. The highest BCUT2D eigenvalue weighted by Crippen LogP contribution is 2.05. The van der Waals surface area contributed by atoms with Gasteiger partial charge in [0.05, 0.1) is 12.5 Å². The molecule has 0 aromatic carbocycles. The van der Waals surface area contributed by atoms with Gasteiger partial charge in [0.25, 0.3) is 5.56 Å². The van der Waals surface area contributed by atoms with Gasteiger partial charge in [-0.3, -0.25) is 13.9 Å². The molecule has 17 heavy (non-hydrogen) atoms. The van der Waals surface area contributed by atoms with E-state index >= 15 is 0 Å². The summed E-state index contributed by atoms with van der Waals surface area (Å²) in [5.74, 6) is 0.840. The third-order valence-electron chi connectivity index (χ3n) is 2.37. The van der Waals surface area contributed by atoms with Gasteiger partial charge < -0.3 is 4.42 Å². The summed E-state index contributed by atoms with van der Waals surface area (Å²) in [5.41, 5.74) is -0.802. The largest absolute Gasteiger partial charge is 0.463 e. The van der Waals surface area contributed by atoms with Crippen molar-refractivity contribution >= 4 is 12.0 Å². The highest BCUT2D eigenvalue weighted by Gasteiger charge is 2.03. The monoisotopic (exact) mass is 233 g/mol. The molecular weight excluding hydrogens is 222 g/mol. The first-order chi connectivity index (χ1) is 8.09. The lowest BCUT2D eigenvalue weighted by Gasteiger charge is -2.03.